The molecule has 3 heteroatoms. The Balaban J connectivity index is 1.87. The molecule has 0 atom stereocenters. The Morgan fingerprint density at radius 2 is 1.95 bits per heavy atom. The minimum atomic E-state index is 0.934. The highest BCUT2D eigenvalue weighted by molar-refractivity contribution is 5.20. The maximum absolute atomic E-state index is 5.91. The third kappa shape index (κ3) is 4.66. The second kappa shape index (κ2) is 7.71. The van der Waals surface area contributed by atoms with Gasteiger partial charge < -0.3 is 9.73 Å². The summed E-state index contributed by atoms with van der Waals surface area (Å²) in [7, 11) is 0. The van der Waals surface area contributed by atoms with Gasteiger partial charge in [-0.05, 0) is 51.9 Å². The van der Waals surface area contributed by atoms with Gasteiger partial charge in [0.15, 0.2) is 0 Å². The normalized spacial score (nSPS) is 17.6. The summed E-state index contributed by atoms with van der Waals surface area (Å²) in [4.78, 5) is 2.54. The zero-order valence-electron chi connectivity index (χ0n) is 12.5. The monoisotopic (exact) mass is 264 g/mol. The number of aryl methyl sites for hydroxylation is 1. The maximum atomic E-state index is 5.91. The van der Waals surface area contributed by atoms with Crippen LogP contribution in [0.4, 0.5) is 0 Å². The first-order valence-corrected chi connectivity index (χ1v) is 7.81. The summed E-state index contributed by atoms with van der Waals surface area (Å²) >= 11 is 0. The second-order valence-electron chi connectivity index (χ2n) is 5.66. The average molecular weight is 264 g/mol. The lowest BCUT2D eigenvalue weighted by Crippen LogP contribution is -2.23. The number of hydrogen-bond donors (Lipinski definition) is 1. The topological polar surface area (TPSA) is 28.4 Å². The molecular formula is C16H28N2O. The average Bonchev–Trinajstić information content (AvgIpc) is 2.61. The summed E-state index contributed by atoms with van der Waals surface area (Å²) in [6.45, 7) is 9.71. The maximum Gasteiger partial charge on any atom is 0.118 e. The second-order valence-corrected chi connectivity index (χ2v) is 5.66. The van der Waals surface area contributed by atoms with Gasteiger partial charge in [-0.25, -0.2) is 0 Å². The molecule has 1 saturated heterocycles. The van der Waals surface area contributed by atoms with Crippen LogP contribution in [0.15, 0.2) is 10.5 Å². The molecule has 108 valence electrons. The van der Waals surface area contributed by atoms with E-state index in [2.05, 4.69) is 30.1 Å². The molecule has 19 heavy (non-hydrogen) atoms. The Morgan fingerprint density at radius 3 is 2.63 bits per heavy atom. The number of likely N-dealkylation sites (tertiary alicyclic amines) is 1. The van der Waals surface area contributed by atoms with Crippen molar-refractivity contribution >= 4 is 0 Å². The standard InChI is InChI=1S/C16H28N2O/c1-3-8-17-12-15-11-16(19-14(15)2)13-18-9-6-4-5-7-10-18/h11,17H,3-10,12-13H2,1-2H3. The lowest BCUT2D eigenvalue weighted by molar-refractivity contribution is 0.251. The van der Waals surface area contributed by atoms with Gasteiger partial charge >= 0.3 is 0 Å². The first-order chi connectivity index (χ1) is 9.29. The smallest absolute Gasteiger partial charge is 0.118 e. The van der Waals surface area contributed by atoms with Gasteiger partial charge in [-0.3, -0.25) is 4.90 Å². The first kappa shape index (κ1) is 14.6. The highest BCUT2D eigenvalue weighted by atomic mass is 16.3. The summed E-state index contributed by atoms with van der Waals surface area (Å²) in [5.74, 6) is 2.21. The van der Waals surface area contributed by atoms with E-state index in [4.69, 9.17) is 4.42 Å². The number of nitrogens with zero attached hydrogens (tertiary/aromatic N) is 1. The summed E-state index contributed by atoms with van der Waals surface area (Å²) in [5, 5.41) is 3.45. The van der Waals surface area contributed by atoms with E-state index in [1.54, 1.807) is 0 Å². The molecule has 0 aromatic carbocycles. The van der Waals surface area contributed by atoms with Crippen LogP contribution in [0.2, 0.25) is 0 Å². The van der Waals surface area contributed by atoms with Gasteiger partial charge in [0.1, 0.15) is 11.5 Å². The Bertz CT molecular complexity index is 365. The van der Waals surface area contributed by atoms with Gasteiger partial charge in [0, 0.05) is 12.1 Å². The highest BCUT2D eigenvalue weighted by Gasteiger charge is 2.13. The molecule has 0 spiro atoms. The fourth-order valence-electron chi connectivity index (χ4n) is 2.76. The van der Waals surface area contributed by atoms with Gasteiger partial charge in [-0.1, -0.05) is 19.8 Å². The van der Waals surface area contributed by atoms with Crippen LogP contribution in [0.3, 0.4) is 0 Å². The minimum Gasteiger partial charge on any atom is -0.465 e. The van der Waals surface area contributed by atoms with Crippen LogP contribution in [-0.2, 0) is 13.1 Å². The predicted octanol–water partition coefficient (Wildman–Crippen LogP) is 3.46. The summed E-state index contributed by atoms with van der Waals surface area (Å²) in [5.41, 5.74) is 1.32. The van der Waals surface area contributed by atoms with Crippen LogP contribution in [0, 0.1) is 6.92 Å². The molecule has 1 aromatic heterocycles. The lowest BCUT2D eigenvalue weighted by atomic mass is 10.2. The zero-order valence-corrected chi connectivity index (χ0v) is 12.5. The third-order valence-corrected chi connectivity index (χ3v) is 3.89. The zero-order chi connectivity index (χ0) is 13.5. The lowest BCUT2D eigenvalue weighted by Gasteiger charge is -2.17. The SMILES string of the molecule is CCCNCc1cc(CN2CCCCCC2)oc1C. The molecule has 0 unspecified atom stereocenters. The van der Waals surface area contributed by atoms with Crippen LogP contribution < -0.4 is 5.32 Å². The van der Waals surface area contributed by atoms with Gasteiger partial charge in [-0.2, -0.15) is 0 Å². The molecule has 0 saturated carbocycles. The fraction of sp³-hybridized carbons (Fsp3) is 0.750. The van der Waals surface area contributed by atoms with Gasteiger partial charge in [0.05, 0.1) is 6.54 Å². The van der Waals surface area contributed by atoms with E-state index in [1.165, 1.54) is 50.8 Å². The Labute approximate surface area is 117 Å². The Kier molecular flexibility index (Phi) is 5.93. The summed E-state index contributed by atoms with van der Waals surface area (Å²) in [6, 6.07) is 2.24. The van der Waals surface area contributed by atoms with Gasteiger partial charge in [0.25, 0.3) is 0 Å². The molecule has 0 aliphatic carbocycles. The third-order valence-electron chi connectivity index (χ3n) is 3.89. The van der Waals surface area contributed by atoms with Crippen LogP contribution in [0.25, 0.3) is 0 Å². The molecule has 1 aliphatic rings. The van der Waals surface area contributed by atoms with E-state index in [0.717, 1.165) is 31.2 Å². The molecule has 1 aromatic rings. The molecule has 2 rings (SSSR count). The molecule has 2 heterocycles. The van der Waals surface area contributed by atoms with Crippen molar-refractivity contribution in [1.29, 1.82) is 0 Å². The van der Waals surface area contributed by atoms with Gasteiger partial charge in [0.2, 0.25) is 0 Å². The molecule has 1 N–H and O–H groups in total. The fourth-order valence-corrected chi connectivity index (χ4v) is 2.76. The Morgan fingerprint density at radius 1 is 1.21 bits per heavy atom. The number of rotatable bonds is 6. The van der Waals surface area contributed by atoms with E-state index in [-0.39, 0.29) is 0 Å². The van der Waals surface area contributed by atoms with E-state index in [9.17, 15) is 0 Å². The van der Waals surface area contributed by atoms with Crippen LogP contribution >= 0.6 is 0 Å². The largest absolute Gasteiger partial charge is 0.465 e. The van der Waals surface area contributed by atoms with Crippen LogP contribution in [0.5, 0.6) is 0 Å². The van der Waals surface area contributed by atoms with Crippen LogP contribution in [0.1, 0.15) is 56.1 Å². The van der Waals surface area contributed by atoms with Crippen molar-refractivity contribution in [1.82, 2.24) is 10.2 Å². The summed E-state index contributed by atoms with van der Waals surface area (Å²) in [6.07, 6.45) is 6.63. The molecule has 3 nitrogen and oxygen atoms in total. The van der Waals surface area contributed by atoms with Crippen molar-refractivity contribution < 1.29 is 4.42 Å². The molecule has 1 aliphatic heterocycles. The Hall–Kier alpha value is -0.800. The van der Waals surface area contributed by atoms with Crippen molar-refractivity contribution in [3.63, 3.8) is 0 Å². The number of nitrogens with one attached hydrogen (secondary N) is 1. The van der Waals surface area contributed by atoms with Crippen molar-refractivity contribution in [2.75, 3.05) is 19.6 Å². The van der Waals surface area contributed by atoms with Crippen molar-refractivity contribution in [2.24, 2.45) is 0 Å². The van der Waals surface area contributed by atoms with Gasteiger partial charge in [-0.15, -0.1) is 0 Å². The molecule has 1 fully saturated rings. The predicted molar refractivity (Wildman–Crippen MR) is 79.2 cm³/mol. The van der Waals surface area contributed by atoms with Crippen molar-refractivity contribution in [3.05, 3.63) is 23.2 Å². The number of hydrogen-bond acceptors (Lipinski definition) is 3. The van der Waals surface area contributed by atoms with Crippen molar-refractivity contribution in [2.45, 2.75) is 59.0 Å². The van der Waals surface area contributed by atoms with Crippen LogP contribution in [-0.4, -0.2) is 24.5 Å². The molecule has 0 bridgehead atoms. The quantitative estimate of drug-likeness (QED) is 0.798. The molecule has 0 radical (unpaired) electrons. The van der Waals surface area contributed by atoms with E-state index < -0.39 is 0 Å². The number of furan rings is 1. The van der Waals surface area contributed by atoms with Crippen molar-refractivity contribution in [3.8, 4) is 0 Å². The highest BCUT2D eigenvalue weighted by Crippen LogP contribution is 2.18. The van der Waals surface area contributed by atoms with E-state index in [0.29, 0.717) is 0 Å². The van der Waals surface area contributed by atoms with E-state index in [1.807, 2.05) is 0 Å². The minimum absolute atomic E-state index is 0.934. The molecular weight excluding hydrogens is 236 g/mol. The molecule has 0 amide bonds. The first-order valence-electron chi connectivity index (χ1n) is 7.81. The summed E-state index contributed by atoms with van der Waals surface area (Å²) < 4.78 is 5.91. The van der Waals surface area contributed by atoms with E-state index >= 15 is 0 Å².